The van der Waals surface area contributed by atoms with Crippen LogP contribution in [-0.2, 0) is 9.59 Å². The molecule has 0 saturated carbocycles. The third kappa shape index (κ3) is 7.80. The lowest BCUT2D eigenvalue weighted by Gasteiger charge is -2.04. The van der Waals surface area contributed by atoms with Crippen LogP contribution in [0.4, 0.5) is 0 Å². The van der Waals surface area contributed by atoms with E-state index in [-0.39, 0.29) is 5.78 Å². The molecule has 1 atom stereocenters. The molecule has 0 aromatic heterocycles. The third-order valence-corrected chi connectivity index (χ3v) is 2.61. The van der Waals surface area contributed by atoms with E-state index in [2.05, 4.69) is 0 Å². The number of thioether (sulfide) groups is 1. The Morgan fingerprint density at radius 2 is 2.15 bits per heavy atom. The second kappa shape index (κ2) is 6.91. The molecule has 1 unspecified atom stereocenters. The summed E-state index contributed by atoms with van der Waals surface area (Å²) in [7, 11) is 0. The van der Waals surface area contributed by atoms with Gasteiger partial charge in [0.2, 0.25) is 0 Å². The number of hydrogen-bond donors (Lipinski definition) is 2. The van der Waals surface area contributed by atoms with Crippen molar-refractivity contribution in [2.24, 2.45) is 5.73 Å². The molecular weight excluding hydrogens is 190 g/mol. The van der Waals surface area contributed by atoms with Crippen LogP contribution in [0.1, 0.15) is 19.8 Å². The summed E-state index contributed by atoms with van der Waals surface area (Å²) < 4.78 is 0. The van der Waals surface area contributed by atoms with Gasteiger partial charge in [-0.15, -0.1) is 0 Å². The van der Waals surface area contributed by atoms with E-state index in [4.69, 9.17) is 10.8 Å². The monoisotopic (exact) mass is 205 g/mol. The van der Waals surface area contributed by atoms with Crippen molar-refractivity contribution in [1.29, 1.82) is 0 Å². The highest BCUT2D eigenvalue weighted by molar-refractivity contribution is 7.99. The summed E-state index contributed by atoms with van der Waals surface area (Å²) in [5.74, 6) is 0.479. The smallest absolute Gasteiger partial charge is 0.320 e. The Morgan fingerprint density at radius 3 is 2.62 bits per heavy atom. The lowest BCUT2D eigenvalue weighted by atomic mass is 10.2. The second-order valence-corrected chi connectivity index (χ2v) is 3.95. The number of carbonyl (C=O) groups excluding carboxylic acids is 1. The summed E-state index contributed by atoms with van der Waals surface area (Å²) >= 11 is 1.52. The molecule has 0 aliphatic heterocycles. The van der Waals surface area contributed by atoms with Gasteiger partial charge in [0.25, 0.3) is 0 Å². The molecule has 0 saturated heterocycles. The molecule has 4 nitrogen and oxygen atoms in total. The fraction of sp³-hybridized carbons (Fsp3) is 0.750. The third-order valence-electron chi connectivity index (χ3n) is 1.43. The zero-order valence-electron chi connectivity index (χ0n) is 7.66. The van der Waals surface area contributed by atoms with Crippen molar-refractivity contribution in [3.05, 3.63) is 0 Å². The van der Waals surface area contributed by atoms with Gasteiger partial charge in [0.05, 0.1) is 5.75 Å². The molecule has 0 heterocycles. The van der Waals surface area contributed by atoms with Crippen molar-refractivity contribution in [2.45, 2.75) is 25.8 Å². The number of nitrogens with two attached hydrogens (primary N) is 1. The van der Waals surface area contributed by atoms with Crippen LogP contribution >= 0.6 is 11.8 Å². The van der Waals surface area contributed by atoms with E-state index in [1.165, 1.54) is 18.7 Å². The minimum absolute atomic E-state index is 0.146. The van der Waals surface area contributed by atoms with E-state index in [1.54, 1.807) is 0 Å². The van der Waals surface area contributed by atoms with Gasteiger partial charge < -0.3 is 10.8 Å². The van der Waals surface area contributed by atoms with Crippen LogP contribution in [0.3, 0.4) is 0 Å². The number of Topliss-reactive ketones (excluding diaryl/α,β-unsaturated/α-hetero) is 1. The van der Waals surface area contributed by atoms with Crippen molar-refractivity contribution >= 4 is 23.5 Å². The van der Waals surface area contributed by atoms with Crippen LogP contribution in [0.15, 0.2) is 0 Å². The maximum absolute atomic E-state index is 10.5. The zero-order valence-corrected chi connectivity index (χ0v) is 8.47. The Balaban J connectivity index is 3.26. The first kappa shape index (κ1) is 12.4. The molecule has 0 aliphatic carbocycles. The summed E-state index contributed by atoms with van der Waals surface area (Å²) in [6.45, 7) is 1.54. The lowest BCUT2D eigenvalue weighted by molar-refractivity contribution is -0.138. The first-order valence-corrected chi connectivity index (χ1v) is 5.25. The van der Waals surface area contributed by atoms with E-state index < -0.39 is 12.0 Å². The van der Waals surface area contributed by atoms with Crippen molar-refractivity contribution in [2.75, 3.05) is 11.5 Å². The Hall–Kier alpha value is -0.550. The fourth-order valence-electron chi connectivity index (χ4n) is 0.745. The summed E-state index contributed by atoms with van der Waals surface area (Å²) in [5.41, 5.74) is 5.28. The van der Waals surface area contributed by atoms with Crippen LogP contribution in [-0.4, -0.2) is 34.4 Å². The van der Waals surface area contributed by atoms with Crippen LogP contribution in [0.25, 0.3) is 0 Å². The molecule has 0 amide bonds. The number of ketones is 1. The van der Waals surface area contributed by atoms with Gasteiger partial charge in [-0.1, -0.05) is 0 Å². The number of rotatable bonds is 7. The summed E-state index contributed by atoms with van der Waals surface area (Å²) in [6.07, 6.45) is 1.21. The van der Waals surface area contributed by atoms with Gasteiger partial charge in [-0.3, -0.25) is 9.59 Å². The maximum atomic E-state index is 10.5. The van der Waals surface area contributed by atoms with Gasteiger partial charge in [0.1, 0.15) is 11.8 Å². The Bertz CT molecular complexity index is 184. The second-order valence-electron chi connectivity index (χ2n) is 2.84. The van der Waals surface area contributed by atoms with Gasteiger partial charge in [0.15, 0.2) is 0 Å². The molecule has 0 aliphatic rings. The van der Waals surface area contributed by atoms with Gasteiger partial charge in [-0.05, 0) is 25.5 Å². The minimum Gasteiger partial charge on any atom is -0.480 e. The van der Waals surface area contributed by atoms with Crippen LogP contribution in [0.2, 0.25) is 0 Å². The van der Waals surface area contributed by atoms with Crippen LogP contribution < -0.4 is 5.73 Å². The topological polar surface area (TPSA) is 80.4 Å². The number of carbonyl (C=O) groups is 2. The molecule has 5 heteroatoms. The normalized spacial score (nSPS) is 12.5. The minimum atomic E-state index is -0.962. The molecule has 0 rings (SSSR count). The number of aliphatic carboxylic acids is 1. The first-order chi connectivity index (χ1) is 6.04. The van der Waals surface area contributed by atoms with Crippen LogP contribution in [0, 0.1) is 0 Å². The van der Waals surface area contributed by atoms with E-state index in [0.717, 1.165) is 12.2 Å². The predicted molar refractivity (Wildman–Crippen MR) is 52.9 cm³/mol. The molecule has 13 heavy (non-hydrogen) atoms. The molecule has 0 spiro atoms. The fourth-order valence-corrected chi connectivity index (χ4v) is 1.55. The van der Waals surface area contributed by atoms with Crippen molar-refractivity contribution in [3.63, 3.8) is 0 Å². The number of carboxylic acid groups (broad SMARTS) is 1. The highest BCUT2D eigenvalue weighted by atomic mass is 32.2. The van der Waals surface area contributed by atoms with Gasteiger partial charge in [-0.25, -0.2) is 0 Å². The lowest BCUT2D eigenvalue weighted by Crippen LogP contribution is -2.29. The Kier molecular flexibility index (Phi) is 6.62. The SMILES string of the molecule is CC(=O)CSCCCC(N)C(=O)O. The predicted octanol–water partition coefficient (Wildman–Crippen LogP) is 0.501. The highest BCUT2D eigenvalue weighted by Gasteiger charge is 2.09. The number of hydrogen-bond acceptors (Lipinski definition) is 4. The highest BCUT2D eigenvalue weighted by Crippen LogP contribution is 2.05. The molecule has 0 radical (unpaired) electrons. The van der Waals surface area contributed by atoms with Crippen molar-refractivity contribution < 1.29 is 14.7 Å². The Morgan fingerprint density at radius 1 is 1.54 bits per heavy atom. The van der Waals surface area contributed by atoms with Crippen molar-refractivity contribution in [1.82, 2.24) is 0 Å². The average molecular weight is 205 g/mol. The first-order valence-electron chi connectivity index (χ1n) is 4.09. The molecule has 3 N–H and O–H groups in total. The van der Waals surface area contributed by atoms with E-state index in [1.807, 2.05) is 0 Å². The quantitative estimate of drug-likeness (QED) is 0.592. The zero-order chi connectivity index (χ0) is 10.3. The van der Waals surface area contributed by atoms with E-state index in [0.29, 0.717) is 12.2 Å². The van der Waals surface area contributed by atoms with Gasteiger partial charge in [0, 0.05) is 0 Å². The Labute approximate surface area is 81.9 Å². The van der Waals surface area contributed by atoms with E-state index in [9.17, 15) is 9.59 Å². The molecule has 0 fully saturated rings. The number of carboxylic acids is 1. The van der Waals surface area contributed by atoms with Gasteiger partial charge in [-0.2, -0.15) is 11.8 Å². The largest absolute Gasteiger partial charge is 0.480 e. The van der Waals surface area contributed by atoms with Gasteiger partial charge >= 0.3 is 5.97 Å². The average Bonchev–Trinajstić information content (AvgIpc) is 2.02. The molecular formula is C8H15NO3S. The maximum Gasteiger partial charge on any atom is 0.320 e. The molecule has 0 aromatic carbocycles. The van der Waals surface area contributed by atoms with Crippen LogP contribution in [0.5, 0.6) is 0 Å². The summed E-state index contributed by atoms with van der Waals surface area (Å²) in [4.78, 5) is 20.8. The molecule has 0 aromatic rings. The molecule has 76 valence electrons. The molecule has 0 bridgehead atoms. The van der Waals surface area contributed by atoms with E-state index >= 15 is 0 Å². The van der Waals surface area contributed by atoms with Crippen molar-refractivity contribution in [3.8, 4) is 0 Å². The standard InChI is InChI=1S/C8H15NO3S/c1-6(10)5-13-4-2-3-7(9)8(11)12/h7H,2-5,9H2,1H3,(H,11,12). The summed E-state index contributed by atoms with van der Waals surface area (Å²) in [5, 5.41) is 8.44. The summed E-state index contributed by atoms with van der Waals surface area (Å²) in [6, 6.07) is -0.766.